The summed E-state index contributed by atoms with van der Waals surface area (Å²) >= 11 is 8.71. The quantitative estimate of drug-likeness (QED) is 0.846. The summed E-state index contributed by atoms with van der Waals surface area (Å²) in [7, 11) is 0. The van der Waals surface area contributed by atoms with Gasteiger partial charge in [0.15, 0.2) is 0 Å². The van der Waals surface area contributed by atoms with Crippen molar-refractivity contribution in [2.24, 2.45) is 17.6 Å². The van der Waals surface area contributed by atoms with Gasteiger partial charge in [-0.05, 0) is 42.9 Å². The third kappa shape index (κ3) is 2.16. The van der Waals surface area contributed by atoms with Gasteiger partial charge in [0, 0.05) is 28.8 Å². The van der Waals surface area contributed by atoms with Crippen molar-refractivity contribution < 1.29 is 0 Å². The Morgan fingerprint density at radius 1 is 1.28 bits per heavy atom. The minimum Gasteiger partial charge on any atom is -0.389 e. The number of anilines is 1. The lowest BCUT2D eigenvalue weighted by Gasteiger charge is -2.23. The molecule has 4 heteroatoms. The van der Waals surface area contributed by atoms with Gasteiger partial charge in [-0.25, -0.2) is 0 Å². The molecule has 1 heterocycles. The largest absolute Gasteiger partial charge is 0.389 e. The van der Waals surface area contributed by atoms with E-state index in [1.807, 2.05) is 12.1 Å². The van der Waals surface area contributed by atoms with Crippen LogP contribution in [0.25, 0.3) is 0 Å². The van der Waals surface area contributed by atoms with E-state index in [0.29, 0.717) is 4.99 Å². The van der Waals surface area contributed by atoms with Crippen LogP contribution in [0.1, 0.15) is 24.8 Å². The molecule has 0 amide bonds. The van der Waals surface area contributed by atoms with Crippen molar-refractivity contribution in [1.29, 1.82) is 0 Å². The second kappa shape index (κ2) is 4.82. The smallest absolute Gasteiger partial charge is 0.106 e. The van der Waals surface area contributed by atoms with E-state index in [4.69, 9.17) is 18.0 Å². The van der Waals surface area contributed by atoms with Crippen molar-refractivity contribution in [3.8, 4) is 0 Å². The molecule has 96 valence electrons. The summed E-state index contributed by atoms with van der Waals surface area (Å²) < 4.78 is 1.09. The zero-order valence-corrected chi connectivity index (χ0v) is 12.6. The van der Waals surface area contributed by atoms with Gasteiger partial charge in [0.25, 0.3) is 0 Å². The molecular weight excluding hydrogens is 308 g/mol. The summed E-state index contributed by atoms with van der Waals surface area (Å²) in [6, 6.07) is 6.18. The van der Waals surface area contributed by atoms with E-state index in [1.54, 1.807) is 0 Å². The van der Waals surface area contributed by atoms with Crippen molar-refractivity contribution in [3.63, 3.8) is 0 Å². The highest BCUT2D eigenvalue weighted by molar-refractivity contribution is 9.10. The van der Waals surface area contributed by atoms with E-state index < -0.39 is 0 Å². The predicted molar refractivity (Wildman–Crippen MR) is 83.1 cm³/mol. The van der Waals surface area contributed by atoms with Crippen LogP contribution in [0.3, 0.4) is 0 Å². The Morgan fingerprint density at radius 2 is 1.94 bits per heavy atom. The highest BCUT2D eigenvalue weighted by Crippen LogP contribution is 2.40. The lowest BCUT2D eigenvalue weighted by Crippen LogP contribution is -2.24. The number of hydrogen-bond acceptors (Lipinski definition) is 2. The number of halogens is 1. The first-order valence-corrected chi connectivity index (χ1v) is 7.69. The standard InChI is InChI=1S/C14H17BrN2S/c15-11-4-5-12(14(16)18)13(6-11)17-7-9-2-1-3-10(9)8-17/h4-6,9-10H,1-3,7-8H2,(H2,16,18). The molecule has 1 aromatic rings. The zero-order chi connectivity index (χ0) is 12.7. The SMILES string of the molecule is NC(=S)c1ccc(Br)cc1N1CC2CCCC2C1. The average molecular weight is 325 g/mol. The van der Waals surface area contributed by atoms with Gasteiger partial charge in [-0.3, -0.25) is 0 Å². The van der Waals surface area contributed by atoms with Crippen LogP contribution in [0.15, 0.2) is 22.7 Å². The Bertz CT molecular complexity index is 477. The van der Waals surface area contributed by atoms with Crippen LogP contribution in [0, 0.1) is 11.8 Å². The normalized spacial score (nSPS) is 26.4. The van der Waals surface area contributed by atoms with E-state index in [1.165, 1.54) is 24.9 Å². The summed E-state index contributed by atoms with van der Waals surface area (Å²) in [5.74, 6) is 1.76. The van der Waals surface area contributed by atoms with Crippen LogP contribution in [0.2, 0.25) is 0 Å². The van der Waals surface area contributed by atoms with Gasteiger partial charge in [-0.2, -0.15) is 0 Å². The number of fused-ring (bicyclic) bond motifs is 1. The molecule has 2 N–H and O–H groups in total. The first kappa shape index (κ1) is 12.4. The maximum absolute atomic E-state index is 5.84. The van der Waals surface area contributed by atoms with Crippen LogP contribution in [0.4, 0.5) is 5.69 Å². The maximum atomic E-state index is 5.84. The molecule has 2 aliphatic rings. The molecule has 18 heavy (non-hydrogen) atoms. The Labute approximate surface area is 122 Å². The van der Waals surface area contributed by atoms with E-state index in [0.717, 1.165) is 35.0 Å². The number of benzene rings is 1. The molecule has 0 spiro atoms. The van der Waals surface area contributed by atoms with Crippen LogP contribution in [0.5, 0.6) is 0 Å². The molecule has 2 unspecified atom stereocenters. The molecule has 0 radical (unpaired) electrons. The lowest BCUT2D eigenvalue weighted by atomic mass is 10.0. The van der Waals surface area contributed by atoms with E-state index in [9.17, 15) is 0 Å². The first-order chi connectivity index (χ1) is 8.65. The second-order valence-corrected chi connectivity index (χ2v) is 6.74. The van der Waals surface area contributed by atoms with Crippen LogP contribution < -0.4 is 10.6 Å². The van der Waals surface area contributed by atoms with E-state index in [2.05, 4.69) is 26.9 Å². The Hall–Kier alpha value is -0.610. The van der Waals surface area contributed by atoms with Crippen LogP contribution in [-0.4, -0.2) is 18.1 Å². The topological polar surface area (TPSA) is 29.3 Å². The summed E-state index contributed by atoms with van der Waals surface area (Å²) in [6.07, 6.45) is 4.18. The minimum atomic E-state index is 0.495. The van der Waals surface area contributed by atoms with E-state index in [-0.39, 0.29) is 0 Å². The Balaban J connectivity index is 1.92. The molecule has 3 rings (SSSR count). The van der Waals surface area contributed by atoms with Gasteiger partial charge >= 0.3 is 0 Å². The number of nitrogens with two attached hydrogens (primary N) is 1. The number of nitrogens with zero attached hydrogens (tertiary/aromatic N) is 1. The van der Waals surface area contributed by atoms with Gasteiger partial charge < -0.3 is 10.6 Å². The fourth-order valence-electron chi connectivity index (χ4n) is 3.41. The molecule has 1 saturated heterocycles. The number of thiocarbonyl (C=S) groups is 1. The third-order valence-corrected chi connectivity index (χ3v) is 5.01. The first-order valence-electron chi connectivity index (χ1n) is 6.49. The Morgan fingerprint density at radius 3 is 2.56 bits per heavy atom. The summed E-state index contributed by atoms with van der Waals surface area (Å²) in [5, 5.41) is 0. The fourth-order valence-corrected chi connectivity index (χ4v) is 3.93. The molecule has 0 aromatic heterocycles. The third-order valence-electron chi connectivity index (χ3n) is 4.29. The monoisotopic (exact) mass is 324 g/mol. The molecule has 1 aromatic carbocycles. The number of rotatable bonds is 2. The van der Waals surface area contributed by atoms with Crippen molar-refractivity contribution in [2.75, 3.05) is 18.0 Å². The van der Waals surface area contributed by atoms with Gasteiger partial charge in [-0.15, -0.1) is 0 Å². The van der Waals surface area contributed by atoms with Gasteiger partial charge in [0.05, 0.1) is 0 Å². The molecule has 2 fully saturated rings. The van der Waals surface area contributed by atoms with Crippen molar-refractivity contribution >= 4 is 38.8 Å². The van der Waals surface area contributed by atoms with Gasteiger partial charge in [-0.1, -0.05) is 34.6 Å². The highest BCUT2D eigenvalue weighted by atomic mass is 79.9. The summed E-state index contributed by atoms with van der Waals surface area (Å²) in [6.45, 7) is 2.33. The van der Waals surface area contributed by atoms with Crippen molar-refractivity contribution in [3.05, 3.63) is 28.2 Å². The predicted octanol–water partition coefficient (Wildman–Crippen LogP) is 3.32. The van der Waals surface area contributed by atoms with Crippen LogP contribution in [-0.2, 0) is 0 Å². The van der Waals surface area contributed by atoms with Crippen LogP contribution >= 0.6 is 28.1 Å². The highest BCUT2D eigenvalue weighted by Gasteiger charge is 2.36. The minimum absolute atomic E-state index is 0.495. The average Bonchev–Trinajstić information content (AvgIpc) is 2.88. The molecule has 1 aliphatic heterocycles. The fraction of sp³-hybridized carbons (Fsp3) is 0.500. The number of hydrogen-bond donors (Lipinski definition) is 1. The Kier molecular flexibility index (Phi) is 3.32. The van der Waals surface area contributed by atoms with Crippen molar-refractivity contribution in [1.82, 2.24) is 0 Å². The van der Waals surface area contributed by atoms with Gasteiger partial charge in [0.2, 0.25) is 0 Å². The molecule has 1 saturated carbocycles. The zero-order valence-electron chi connectivity index (χ0n) is 10.2. The second-order valence-electron chi connectivity index (χ2n) is 5.38. The summed E-state index contributed by atoms with van der Waals surface area (Å²) in [5.41, 5.74) is 8.05. The lowest BCUT2D eigenvalue weighted by molar-refractivity contribution is 0.494. The molecular formula is C14H17BrN2S. The van der Waals surface area contributed by atoms with E-state index >= 15 is 0 Å². The molecule has 1 aliphatic carbocycles. The maximum Gasteiger partial charge on any atom is 0.106 e. The van der Waals surface area contributed by atoms with Crippen molar-refractivity contribution in [2.45, 2.75) is 19.3 Å². The molecule has 0 bridgehead atoms. The molecule has 2 nitrogen and oxygen atoms in total. The van der Waals surface area contributed by atoms with Gasteiger partial charge in [0.1, 0.15) is 4.99 Å². The molecule has 2 atom stereocenters. The summed E-state index contributed by atoms with van der Waals surface area (Å²) in [4.78, 5) is 2.96.